The molecule has 156 valence electrons. The Balaban J connectivity index is 1.51. The molecule has 4 aromatic rings. The number of aromatic amines is 1. The number of aryl methyl sites for hydroxylation is 1. The van der Waals surface area contributed by atoms with Crippen molar-refractivity contribution in [2.75, 3.05) is 18.8 Å². The fraction of sp³-hybridized carbons (Fsp3) is 0.182. The van der Waals surface area contributed by atoms with Gasteiger partial charge in [-0.05, 0) is 30.7 Å². The first-order chi connectivity index (χ1) is 15.1. The highest BCUT2D eigenvalue weighted by Crippen LogP contribution is 2.32. The second-order valence-corrected chi connectivity index (χ2v) is 8.34. The number of carbonyl (C=O) groups excluding carboxylic acids is 2. The lowest BCUT2D eigenvalue weighted by Crippen LogP contribution is -2.32. The van der Waals surface area contributed by atoms with Crippen LogP contribution in [-0.4, -0.2) is 55.4 Å². The molecule has 9 heteroatoms. The molecule has 5 rings (SSSR count). The number of carbonyl (C=O) groups is 2. The molecule has 1 saturated heterocycles. The van der Waals surface area contributed by atoms with Gasteiger partial charge in [0, 0.05) is 40.6 Å². The fourth-order valence-corrected chi connectivity index (χ4v) is 4.58. The summed E-state index contributed by atoms with van der Waals surface area (Å²) in [6, 6.07) is 15.9. The highest BCUT2D eigenvalue weighted by Gasteiger charge is 2.28. The van der Waals surface area contributed by atoms with E-state index in [1.807, 2.05) is 54.1 Å². The quantitative estimate of drug-likeness (QED) is 0.360. The molecule has 1 aliphatic heterocycles. The van der Waals surface area contributed by atoms with Crippen molar-refractivity contribution in [3.8, 4) is 17.1 Å². The van der Waals surface area contributed by atoms with Crippen LogP contribution < -0.4 is 5.32 Å². The maximum atomic E-state index is 11.8. The van der Waals surface area contributed by atoms with E-state index in [2.05, 4.69) is 32.6 Å². The Morgan fingerprint density at radius 3 is 2.77 bits per heavy atom. The summed E-state index contributed by atoms with van der Waals surface area (Å²) in [5, 5.41) is 13.3. The first-order valence-corrected chi connectivity index (χ1v) is 10.9. The third-order valence-electron chi connectivity index (χ3n) is 5.21. The van der Waals surface area contributed by atoms with Crippen LogP contribution in [0.15, 0.2) is 59.9 Å². The molecule has 3 amide bonds. The molecule has 1 aliphatic rings. The summed E-state index contributed by atoms with van der Waals surface area (Å²) in [6.45, 7) is 2.43. The molecule has 0 radical (unpaired) electrons. The van der Waals surface area contributed by atoms with E-state index in [0.29, 0.717) is 17.5 Å². The Morgan fingerprint density at radius 1 is 1.10 bits per heavy atom. The number of para-hydroxylation sites is 1. The van der Waals surface area contributed by atoms with Gasteiger partial charge in [0.2, 0.25) is 5.91 Å². The number of hydrogen-bond donors (Lipinski definition) is 2. The highest BCUT2D eigenvalue weighted by atomic mass is 32.2. The third kappa shape index (κ3) is 3.57. The van der Waals surface area contributed by atoms with Gasteiger partial charge in [0.1, 0.15) is 0 Å². The van der Waals surface area contributed by atoms with Gasteiger partial charge in [-0.15, -0.1) is 10.2 Å². The number of urea groups is 1. The maximum absolute atomic E-state index is 11.8. The lowest BCUT2D eigenvalue weighted by molar-refractivity contribution is -0.124. The smallest absolute Gasteiger partial charge is 0.324 e. The minimum absolute atomic E-state index is 0.0632. The Bertz CT molecular complexity index is 1280. The van der Waals surface area contributed by atoms with Crippen LogP contribution in [0.4, 0.5) is 4.79 Å². The van der Waals surface area contributed by atoms with Gasteiger partial charge in [-0.3, -0.25) is 14.3 Å². The van der Waals surface area contributed by atoms with Crippen LogP contribution in [0.2, 0.25) is 0 Å². The molecule has 0 atom stereocenters. The minimum Gasteiger partial charge on any atom is -0.360 e. The fourth-order valence-electron chi connectivity index (χ4n) is 3.70. The predicted octanol–water partition coefficient (Wildman–Crippen LogP) is 3.37. The largest absolute Gasteiger partial charge is 0.360 e. The van der Waals surface area contributed by atoms with E-state index in [1.54, 1.807) is 0 Å². The topological polar surface area (TPSA) is 95.9 Å². The number of H-pyrrole nitrogens is 1. The Kier molecular flexibility index (Phi) is 4.95. The van der Waals surface area contributed by atoms with Gasteiger partial charge >= 0.3 is 6.03 Å². The van der Waals surface area contributed by atoms with E-state index in [4.69, 9.17) is 0 Å². The number of thioether (sulfide) groups is 1. The van der Waals surface area contributed by atoms with Crippen molar-refractivity contribution >= 4 is 34.6 Å². The second-order valence-electron chi connectivity index (χ2n) is 7.28. The first kappa shape index (κ1) is 19.4. The van der Waals surface area contributed by atoms with Crippen molar-refractivity contribution in [2.24, 2.45) is 0 Å². The van der Waals surface area contributed by atoms with E-state index in [1.165, 1.54) is 16.7 Å². The first-order valence-electron chi connectivity index (χ1n) is 9.92. The molecule has 0 unspecified atom stereocenters. The molecule has 2 N–H and O–H groups in total. The van der Waals surface area contributed by atoms with Gasteiger partial charge in [0.25, 0.3) is 0 Å². The summed E-state index contributed by atoms with van der Waals surface area (Å²) >= 11 is 1.47. The number of fused-ring (bicyclic) bond motifs is 1. The second kappa shape index (κ2) is 7.92. The number of hydrogen-bond acceptors (Lipinski definition) is 5. The average Bonchev–Trinajstić information content (AvgIpc) is 3.46. The number of amides is 3. The predicted molar refractivity (Wildman–Crippen MR) is 119 cm³/mol. The average molecular weight is 433 g/mol. The van der Waals surface area contributed by atoms with E-state index in [9.17, 15) is 9.59 Å². The van der Waals surface area contributed by atoms with Crippen LogP contribution in [0.3, 0.4) is 0 Å². The molecule has 2 aromatic heterocycles. The number of benzene rings is 2. The third-order valence-corrected chi connectivity index (χ3v) is 6.12. The van der Waals surface area contributed by atoms with Crippen molar-refractivity contribution in [3.05, 3.63) is 60.3 Å². The summed E-state index contributed by atoms with van der Waals surface area (Å²) in [6.07, 6.45) is 1.95. The van der Waals surface area contributed by atoms with Crippen LogP contribution in [0, 0.1) is 6.92 Å². The Hall–Kier alpha value is -3.59. The lowest BCUT2D eigenvalue weighted by atomic mass is 10.1. The molecule has 0 aliphatic carbocycles. The zero-order valence-corrected chi connectivity index (χ0v) is 17.6. The Morgan fingerprint density at radius 2 is 1.97 bits per heavy atom. The van der Waals surface area contributed by atoms with E-state index in [-0.39, 0.29) is 18.5 Å². The normalized spacial score (nSPS) is 13.9. The Labute approximate surface area is 182 Å². The zero-order valence-electron chi connectivity index (χ0n) is 16.8. The van der Waals surface area contributed by atoms with E-state index >= 15 is 0 Å². The number of rotatable bonds is 6. The van der Waals surface area contributed by atoms with Crippen LogP contribution >= 0.6 is 11.8 Å². The summed E-state index contributed by atoms with van der Waals surface area (Å²) in [4.78, 5) is 28.2. The van der Waals surface area contributed by atoms with Crippen molar-refractivity contribution in [1.29, 1.82) is 0 Å². The van der Waals surface area contributed by atoms with Crippen LogP contribution in [0.25, 0.3) is 28.0 Å². The van der Waals surface area contributed by atoms with Gasteiger partial charge < -0.3 is 10.3 Å². The van der Waals surface area contributed by atoms with Crippen molar-refractivity contribution < 1.29 is 9.59 Å². The molecule has 8 nitrogen and oxygen atoms in total. The monoisotopic (exact) mass is 432 g/mol. The zero-order chi connectivity index (χ0) is 21.4. The molecule has 1 fully saturated rings. The molecule has 0 bridgehead atoms. The van der Waals surface area contributed by atoms with Gasteiger partial charge in [-0.25, -0.2) is 4.79 Å². The summed E-state index contributed by atoms with van der Waals surface area (Å²) < 4.78 is 2.03. The van der Waals surface area contributed by atoms with Crippen LogP contribution in [0.5, 0.6) is 0 Å². The van der Waals surface area contributed by atoms with Crippen LogP contribution in [-0.2, 0) is 4.79 Å². The summed E-state index contributed by atoms with van der Waals surface area (Å²) in [5.41, 5.74) is 4.09. The molecule has 0 saturated carbocycles. The number of nitrogens with zero attached hydrogens (tertiary/aromatic N) is 4. The lowest BCUT2D eigenvalue weighted by Gasteiger charge is -2.13. The standard InChI is InChI=1S/C22H20N6O2S/c1-14-5-4-6-15(11-14)28-20(17-12-23-18-8-3-2-7-16(17)18)25-26-22(28)31-10-9-27-19(29)13-24-21(27)30/h2-8,11-12,23H,9-10,13H2,1H3,(H,24,30). The number of aromatic nitrogens is 4. The SMILES string of the molecule is Cc1cccc(-n2c(SCCN3C(=O)CNC3=O)nnc2-c2c[nH]c3ccccc23)c1. The molecule has 3 heterocycles. The molecule has 31 heavy (non-hydrogen) atoms. The van der Waals surface area contributed by atoms with E-state index in [0.717, 1.165) is 33.5 Å². The number of imide groups is 1. The van der Waals surface area contributed by atoms with Crippen molar-refractivity contribution in [3.63, 3.8) is 0 Å². The van der Waals surface area contributed by atoms with Gasteiger partial charge in [0.05, 0.1) is 6.54 Å². The summed E-state index contributed by atoms with van der Waals surface area (Å²) in [7, 11) is 0. The maximum Gasteiger partial charge on any atom is 0.324 e. The summed E-state index contributed by atoms with van der Waals surface area (Å²) in [5.74, 6) is 1.06. The van der Waals surface area contributed by atoms with Gasteiger partial charge in [-0.1, -0.05) is 42.1 Å². The molecule has 2 aromatic carbocycles. The number of nitrogens with one attached hydrogen (secondary N) is 2. The van der Waals surface area contributed by atoms with Gasteiger partial charge in [0.15, 0.2) is 11.0 Å². The van der Waals surface area contributed by atoms with Crippen molar-refractivity contribution in [1.82, 2.24) is 30.0 Å². The van der Waals surface area contributed by atoms with Crippen molar-refractivity contribution in [2.45, 2.75) is 12.1 Å². The highest BCUT2D eigenvalue weighted by molar-refractivity contribution is 7.99. The minimum atomic E-state index is -0.342. The van der Waals surface area contributed by atoms with E-state index < -0.39 is 0 Å². The molecule has 0 spiro atoms. The molecular weight excluding hydrogens is 412 g/mol. The van der Waals surface area contributed by atoms with Gasteiger partial charge in [-0.2, -0.15) is 0 Å². The molecular formula is C22H20N6O2S. The van der Waals surface area contributed by atoms with Crippen LogP contribution in [0.1, 0.15) is 5.56 Å².